The van der Waals surface area contributed by atoms with Crippen LogP contribution in [-0.4, -0.2) is 16.2 Å². The van der Waals surface area contributed by atoms with Crippen LogP contribution in [0.5, 0.6) is 5.75 Å². The number of hydrogen-bond donors (Lipinski definition) is 2. The van der Waals surface area contributed by atoms with Gasteiger partial charge in [0.2, 0.25) is 5.82 Å². The summed E-state index contributed by atoms with van der Waals surface area (Å²) in [6.45, 7) is 0. The molecule has 0 aliphatic heterocycles. The van der Waals surface area contributed by atoms with Gasteiger partial charge in [-0.3, -0.25) is 4.79 Å². The molecule has 0 radical (unpaired) electrons. The fourth-order valence-electron chi connectivity index (χ4n) is 1.20. The molecule has 1 aromatic rings. The molecule has 0 saturated carbocycles. The zero-order valence-electron chi connectivity index (χ0n) is 7.83. The van der Waals surface area contributed by atoms with Crippen molar-refractivity contribution in [3.63, 3.8) is 0 Å². The monoisotopic (exact) mass is 216 g/mol. The van der Waals surface area contributed by atoms with E-state index in [-0.39, 0.29) is 24.8 Å². The highest BCUT2D eigenvalue weighted by molar-refractivity contribution is 5.66. The number of benzene rings is 1. The van der Waals surface area contributed by atoms with Crippen LogP contribution >= 0.6 is 0 Å². The molecule has 0 spiro atoms. The zero-order valence-corrected chi connectivity index (χ0v) is 7.83. The number of phenols is 1. The molecule has 82 valence electrons. The lowest BCUT2D eigenvalue weighted by atomic mass is 10.1. The Labute approximate surface area is 85.0 Å². The van der Waals surface area contributed by atoms with Crippen LogP contribution in [0.2, 0.25) is 0 Å². The van der Waals surface area contributed by atoms with Crippen LogP contribution in [0, 0.1) is 11.6 Å². The number of aryl methyl sites for hydroxylation is 1. The van der Waals surface area contributed by atoms with Crippen molar-refractivity contribution in [2.24, 2.45) is 0 Å². The first-order valence-corrected chi connectivity index (χ1v) is 4.40. The fourth-order valence-corrected chi connectivity index (χ4v) is 1.20. The highest BCUT2D eigenvalue weighted by Crippen LogP contribution is 2.22. The maximum atomic E-state index is 13.1. The summed E-state index contributed by atoms with van der Waals surface area (Å²) in [5.74, 6) is -4.12. The molecule has 0 saturated heterocycles. The quantitative estimate of drug-likeness (QED) is 0.810. The Morgan fingerprint density at radius 1 is 1.27 bits per heavy atom. The number of aliphatic carboxylic acids is 1. The minimum absolute atomic E-state index is 0.0755. The van der Waals surface area contributed by atoms with Gasteiger partial charge in [0.25, 0.3) is 0 Å². The van der Waals surface area contributed by atoms with E-state index in [4.69, 9.17) is 10.2 Å². The first kappa shape index (κ1) is 11.4. The van der Waals surface area contributed by atoms with Gasteiger partial charge in [-0.15, -0.1) is 0 Å². The summed E-state index contributed by atoms with van der Waals surface area (Å²) in [6, 6.07) is 2.30. The lowest BCUT2D eigenvalue weighted by molar-refractivity contribution is -0.137. The summed E-state index contributed by atoms with van der Waals surface area (Å²) in [5.41, 5.74) is 0.0755. The molecule has 3 nitrogen and oxygen atoms in total. The van der Waals surface area contributed by atoms with Crippen LogP contribution in [0.15, 0.2) is 12.1 Å². The third kappa shape index (κ3) is 2.90. The first-order valence-electron chi connectivity index (χ1n) is 4.40. The number of halogens is 2. The average Bonchev–Trinajstić information content (AvgIpc) is 2.18. The molecular formula is C10H10F2O3. The minimum atomic E-state index is -1.29. The van der Waals surface area contributed by atoms with E-state index < -0.39 is 23.4 Å². The Kier molecular flexibility index (Phi) is 3.60. The van der Waals surface area contributed by atoms with Gasteiger partial charge >= 0.3 is 5.97 Å². The van der Waals surface area contributed by atoms with Crippen molar-refractivity contribution in [2.45, 2.75) is 19.3 Å². The zero-order chi connectivity index (χ0) is 11.4. The molecule has 2 N–H and O–H groups in total. The number of aromatic hydroxyl groups is 1. The van der Waals surface area contributed by atoms with Crippen molar-refractivity contribution in [2.75, 3.05) is 0 Å². The molecule has 0 unspecified atom stereocenters. The standard InChI is InChI=1S/C10H10F2O3/c11-9-6(2-1-3-8(14)15)4-5-7(13)10(9)12/h4-5,13H,1-3H2,(H,14,15). The molecule has 0 aliphatic carbocycles. The minimum Gasteiger partial charge on any atom is -0.505 e. The summed E-state index contributed by atoms with van der Waals surface area (Å²) >= 11 is 0. The van der Waals surface area contributed by atoms with Gasteiger partial charge in [0.1, 0.15) is 0 Å². The highest BCUT2D eigenvalue weighted by atomic mass is 19.2. The number of rotatable bonds is 4. The van der Waals surface area contributed by atoms with Crippen LogP contribution in [0.4, 0.5) is 8.78 Å². The van der Waals surface area contributed by atoms with Crippen molar-refractivity contribution in [3.8, 4) is 5.75 Å². The number of phenolic OH excluding ortho intramolecular Hbond substituents is 1. The van der Waals surface area contributed by atoms with Crippen LogP contribution in [0.3, 0.4) is 0 Å². The topological polar surface area (TPSA) is 57.5 Å². The Morgan fingerprint density at radius 2 is 1.93 bits per heavy atom. The summed E-state index contributed by atoms with van der Waals surface area (Å²) in [6.07, 6.45) is 0.272. The molecule has 0 aromatic heterocycles. The summed E-state index contributed by atoms with van der Waals surface area (Å²) in [5, 5.41) is 17.2. The van der Waals surface area contributed by atoms with E-state index in [0.717, 1.165) is 6.07 Å². The van der Waals surface area contributed by atoms with E-state index >= 15 is 0 Å². The van der Waals surface area contributed by atoms with E-state index in [2.05, 4.69) is 0 Å². The molecule has 15 heavy (non-hydrogen) atoms. The molecule has 5 heteroatoms. The fraction of sp³-hybridized carbons (Fsp3) is 0.300. The molecule has 1 aromatic carbocycles. The largest absolute Gasteiger partial charge is 0.505 e. The second-order valence-corrected chi connectivity index (χ2v) is 3.12. The van der Waals surface area contributed by atoms with Gasteiger partial charge < -0.3 is 10.2 Å². The number of hydrogen-bond acceptors (Lipinski definition) is 2. The molecule has 0 amide bonds. The molecule has 0 aliphatic rings. The third-order valence-corrected chi connectivity index (χ3v) is 1.98. The van der Waals surface area contributed by atoms with Crippen molar-refractivity contribution in [1.29, 1.82) is 0 Å². The Balaban J connectivity index is 2.70. The lowest BCUT2D eigenvalue weighted by Crippen LogP contribution is -1.99. The van der Waals surface area contributed by atoms with Gasteiger partial charge in [0.15, 0.2) is 11.6 Å². The van der Waals surface area contributed by atoms with Gasteiger partial charge in [0, 0.05) is 6.42 Å². The van der Waals surface area contributed by atoms with Crippen molar-refractivity contribution in [1.82, 2.24) is 0 Å². The van der Waals surface area contributed by atoms with Crippen LogP contribution in [0.1, 0.15) is 18.4 Å². The first-order chi connectivity index (χ1) is 7.02. The normalized spacial score (nSPS) is 10.3. The molecule has 1 rings (SSSR count). The summed E-state index contributed by atoms with van der Waals surface area (Å²) in [4.78, 5) is 10.2. The smallest absolute Gasteiger partial charge is 0.303 e. The second kappa shape index (κ2) is 4.72. The SMILES string of the molecule is O=C(O)CCCc1ccc(O)c(F)c1F. The van der Waals surface area contributed by atoms with E-state index in [1.165, 1.54) is 6.07 Å². The molecule has 0 bridgehead atoms. The lowest BCUT2D eigenvalue weighted by Gasteiger charge is -2.03. The maximum Gasteiger partial charge on any atom is 0.303 e. The maximum absolute atomic E-state index is 13.1. The van der Waals surface area contributed by atoms with E-state index in [1.807, 2.05) is 0 Å². The van der Waals surface area contributed by atoms with E-state index in [1.54, 1.807) is 0 Å². The van der Waals surface area contributed by atoms with Crippen molar-refractivity contribution in [3.05, 3.63) is 29.3 Å². The van der Waals surface area contributed by atoms with Gasteiger partial charge in [0.05, 0.1) is 0 Å². The predicted molar refractivity (Wildman–Crippen MR) is 48.6 cm³/mol. The summed E-state index contributed by atoms with van der Waals surface area (Å²) < 4.78 is 25.9. The number of carboxylic acid groups (broad SMARTS) is 1. The Hall–Kier alpha value is -1.65. The number of carbonyl (C=O) groups is 1. The van der Waals surface area contributed by atoms with Crippen LogP contribution < -0.4 is 0 Å². The van der Waals surface area contributed by atoms with E-state index in [0.29, 0.717) is 0 Å². The molecule has 0 heterocycles. The number of carboxylic acids is 1. The van der Waals surface area contributed by atoms with E-state index in [9.17, 15) is 13.6 Å². The highest BCUT2D eigenvalue weighted by Gasteiger charge is 2.12. The average molecular weight is 216 g/mol. The van der Waals surface area contributed by atoms with Crippen LogP contribution in [0.25, 0.3) is 0 Å². The molecule has 0 atom stereocenters. The van der Waals surface area contributed by atoms with Gasteiger partial charge in [-0.2, -0.15) is 4.39 Å². The van der Waals surface area contributed by atoms with Gasteiger partial charge in [-0.25, -0.2) is 4.39 Å². The second-order valence-electron chi connectivity index (χ2n) is 3.12. The predicted octanol–water partition coefficient (Wildman–Crippen LogP) is 2.08. The van der Waals surface area contributed by atoms with Gasteiger partial charge in [-0.05, 0) is 24.5 Å². The molecular weight excluding hydrogens is 206 g/mol. The third-order valence-electron chi connectivity index (χ3n) is 1.98. The summed E-state index contributed by atoms with van der Waals surface area (Å²) in [7, 11) is 0. The van der Waals surface area contributed by atoms with Crippen LogP contribution in [-0.2, 0) is 11.2 Å². The van der Waals surface area contributed by atoms with Gasteiger partial charge in [-0.1, -0.05) is 6.07 Å². The van der Waals surface area contributed by atoms with Crippen molar-refractivity contribution < 1.29 is 23.8 Å². The van der Waals surface area contributed by atoms with Crippen molar-refractivity contribution >= 4 is 5.97 Å². The Morgan fingerprint density at radius 3 is 2.53 bits per heavy atom. The Bertz CT molecular complexity index is 377. The molecule has 0 fully saturated rings.